The molecule has 0 saturated carbocycles. The fourth-order valence-electron chi connectivity index (χ4n) is 3.42. The monoisotopic (exact) mass is 532 g/mol. The molecule has 10 heteroatoms. The number of halogens is 3. The standard InChI is InChI=1S/C27H27F3N2O4S/c1-15(2)6-5-9-36-13-17-7-4-8-19(24(17)30)23-14-37-27(31-23)32-25(33)18-11-21(28)20(22(29)12-18)10-16(3)26(34)35/h4,7-8,10-12,14-15H,5-6,9,13H2,1-3H3,(H,34,35)(H,31,32,33). The van der Waals surface area contributed by atoms with Crippen LogP contribution in [0.15, 0.2) is 41.3 Å². The maximum Gasteiger partial charge on any atom is 0.331 e. The summed E-state index contributed by atoms with van der Waals surface area (Å²) in [6.45, 7) is 6.11. The first-order valence-electron chi connectivity index (χ1n) is 11.6. The molecule has 3 aromatic rings. The van der Waals surface area contributed by atoms with Crippen molar-refractivity contribution in [2.75, 3.05) is 11.9 Å². The molecule has 0 fully saturated rings. The van der Waals surface area contributed by atoms with Crippen molar-refractivity contribution >= 4 is 34.4 Å². The molecule has 3 rings (SSSR count). The molecule has 0 atom stereocenters. The molecule has 0 unspecified atom stereocenters. The van der Waals surface area contributed by atoms with Gasteiger partial charge in [0, 0.05) is 39.8 Å². The number of carboxylic acid groups (broad SMARTS) is 1. The molecule has 0 aliphatic rings. The summed E-state index contributed by atoms with van der Waals surface area (Å²) < 4.78 is 49.4. The van der Waals surface area contributed by atoms with Crippen LogP contribution in [-0.4, -0.2) is 28.6 Å². The molecule has 1 aromatic heterocycles. The van der Waals surface area contributed by atoms with Crippen molar-refractivity contribution in [2.45, 2.75) is 40.2 Å². The second-order valence-electron chi connectivity index (χ2n) is 8.85. The van der Waals surface area contributed by atoms with Gasteiger partial charge in [0.2, 0.25) is 0 Å². The normalized spacial score (nSPS) is 11.7. The average Bonchev–Trinajstić information content (AvgIpc) is 3.29. The molecule has 37 heavy (non-hydrogen) atoms. The van der Waals surface area contributed by atoms with Crippen LogP contribution in [0.25, 0.3) is 17.3 Å². The third-order valence-corrected chi connectivity index (χ3v) is 6.20. The number of amides is 1. The Kier molecular flexibility index (Phi) is 9.60. The van der Waals surface area contributed by atoms with Crippen LogP contribution in [0.1, 0.15) is 55.1 Å². The molecule has 0 aliphatic carbocycles. The van der Waals surface area contributed by atoms with E-state index < -0.39 is 34.9 Å². The van der Waals surface area contributed by atoms with Crippen LogP contribution in [0.3, 0.4) is 0 Å². The van der Waals surface area contributed by atoms with Crippen LogP contribution in [-0.2, 0) is 16.1 Å². The number of nitrogens with zero attached hydrogens (tertiary/aromatic N) is 1. The van der Waals surface area contributed by atoms with Gasteiger partial charge in [0.1, 0.15) is 17.5 Å². The number of rotatable bonds is 11. The van der Waals surface area contributed by atoms with E-state index in [9.17, 15) is 18.4 Å². The summed E-state index contributed by atoms with van der Waals surface area (Å²) in [6, 6.07) is 6.50. The number of carbonyl (C=O) groups excluding carboxylic acids is 1. The topological polar surface area (TPSA) is 88.5 Å². The molecule has 0 saturated heterocycles. The average molecular weight is 533 g/mol. The number of benzene rings is 2. The summed E-state index contributed by atoms with van der Waals surface area (Å²) >= 11 is 1.03. The summed E-state index contributed by atoms with van der Waals surface area (Å²) in [6.07, 6.45) is 2.77. The van der Waals surface area contributed by atoms with E-state index in [2.05, 4.69) is 24.1 Å². The van der Waals surface area contributed by atoms with Crippen molar-refractivity contribution in [2.24, 2.45) is 5.92 Å². The Bertz CT molecular complexity index is 1300. The van der Waals surface area contributed by atoms with Crippen molar-refractivity contribution in [1.82, 2.24) is 4.98 Å². The number of aliphatic carboxylic acids is 1. The summed E-state index contributed by atoms with van der Waals surface area (Å²) in [5, 5.41) is 13.0. The first-order chi connectivity index (χ1) is 17.6. The van der Waals surface area contributed by atoms with E-state index in [4.69, 9.17) is 9.84 Å². The third kappa shape index (κ3) is 7.50. The highest BCUT2D eigenvalue weighted by Crippen LogP contribution is 2.29. The molecule has 2 aromatic carbocycles. The van der Waals surface area contributed by atoms with E-state index in [-0.39, 0.29) is 28.4 Å². The molecule has 1 heterocycles. The first kappa shape index (κ1) is 28.1. The fourth-order valence-corrected chi connectivity index (χ4v) is 4.13. The van der Waals surface area contributed by atoms with Gasteiger partial charge in [-0.25, -0.2) is 22.9 Å². The Morgan fingerprint density at radius 1 is 1.19 bits per heavy atom. The Morgan fingerprint density at radius 3 is 2.54 bits per heavy atom. The Labute approximate surface area is 216 Å². The Morgan fingerprint density at radius 2 is 1.89 bits per heavy atom. The van der Waals surface area contributed by atoms with Gasteiger partial charge in [0.25, 0.3) is 5.91 Å². The minimum absolute atomic E-state index is 0.112. The fraction of sp³-hybridized carbons (Fsp3) is 0.296. The van der Waals surface area contributed by atoms with Crippen LogP contribution in [0.4, 0.5) is 18.3 Å². The lowest BCUT2D eigenvalue weighted by molar-refractivity contribution is -0.132. The number of anilines is 1. The minimum atomic E-state index is -1.32. The molecule has 0 bridgehead atoms. The van der Waals surface area contributed by atoms with Crippen LogP contribution in [0, 0.1) is 23.4 Å². The molecule has 0 radical (unpaired) electrons. The van der Waals surface area contributed by atoms with Crippen molar-refractivity contribution in [3.05, 3.63) is 75.4 Å². The third-order valence-electron chi connectivity index (χ3n) is 5.45. The number of carboxylic acids is 1. The lowest BCUT2D eigenvalue weighted by atomic mass is 10.1. The zero-order valence-corrected chi connectivity index (χ0v) is 21.4. The predicted molar refractivity (Wildman–Crippen MR) is 137 cm³/mol. The lowest BCUT2D eigenvalue weighted by Gasteiger charge is -2.09. The summed E-state index contributed by atoms with van der Waals surface area (Å²) in [5.41, 5.74) is -0.228. The molecular weight excluding hydrogens is 505 g/mol. The summed E-state index contributed by atoms with van der Waals surface area (Å²) in [5.74, 6) is -4.22. The highest BCUT2D eigenvalue weighted by molar-refractivity contribution is 7.14. The zero-order valence-electron chi connectivity index (χ0n) is 20.6. The molecule has 2 N–H and O–H groups in total. The van der Waals surface area contributed by atoms with Crippen molar-refractivity contribution < 1.29 is 32.6 Å². The van der Waals surface area contributed by atoms with Gasteiger partial charge in [-0.2, -0.15) is 0 Å². The van der Waals surface area contributed by atoms with Gasteiger partial charge in [-0.05, 0) is 50.0 Å². The SMILES string of the molecule is CC(=Cc1c(F)cc(C(=O)Nc2nc(-c3cccc(COCCCC(C)C)c3F)cs2)cc1F)C(=O)O. The van der Waals surface area contributed by atoms with Crippen LogP contribution in [0.2, 0.25) is 0 Å². The van der Waals surface area contributed by atoms with Gasteiger partial charge < -0.3 is 9.84 Å². The molecule has 0 spiro atoms. The number of ether oxygens (including phenoxy) is 1. The number of carbonyl (C=O) groups is 2. The summed E-state index contributed by atoms with van der Waals surface area (Å²) in [7, 11) is 0. The van der Waals surface area contributed by atoms with Gasteiger partial charge in [-0.3, -0.25) is 10.1 Å². The van der Waals surface area contributed by atoms with Gasteiger partial charge in [0.05, 0.1) is 12.3 Å². The molecule has 0 aliphatic heterocycles. The van der Waals surface area contributed by atoms with Gasteiger partial charge in [-0.1, -0.05) is 26.0 Å². The predicted octanol–water partition coefficient (Wildman–Crippen LogP) is 6.92. The maximum absolute atomic E-state index is 15.1. The summed E-state index contributed by atoms with van der Waals surface area (Å²) in [4.78, 5) is 27.7. The maximum atomic E-state index is 15.1. The smallest absolute Gasteiger partial charge is 0.331 e. The zero-order chi connectivity index (χ0) is 27.1. The van der Waals surface area contributed by atoms with E-state index in [0.29, 0.717) is 23.8 Å². The largest absolute Gasteiger partial charge is 0.478 e. The molecule has 6 nitrogen and oxygen atoms in total. The number of aromatic nitrogens is 1. The first-order valence-corrected chi connectivity index (χ1v) is 12.5. The van der Waals surface area contributed by atoms with Crippen molar-refractivity contribution in [1.29, 1.82) is 0 Å². The van der Waals surface area contributed by atoms with Crippen LogP contribution >= 0.6 is 11.3 Å². The van der Waals surface area contributed by atoms with E-state index >= 15 is 4.39 Å². The number of hydrogen-bond acceptors (Lipinski definition) is 5. The second kappa shape index (κ2) is 12.6. The quantitative estimate of drug-likeness (QED) is 0.207. The Balaban J connectivity index is 1.71. The molecular formula is C27H27F3N2O4S. The van der Waals surface area contributed by atoms with E-state index in [1.165, 1.54) is 6.92 Å². The highest BCUT2D eigenvalue weighted by atomic mass is 32.1. The van der Waals surface area contributed by atoms with Crippen molar-refractivity contribution in [3.8, 4) is 11.3 Å². The second-order valence-corrected chi connectivity index (χ2v) is 9.70. The van der Waals surface area contributed by atoms with Gasteiger partial charge in [0.15, 0.2) is 5.13 Å². The number of thiazole rings is 1. The van der Waals surface area contributed by atoms with Gasteiger partial charge in [-0.15, -0.1) is 11.3 Å². The van der Waals surface area contributed by atoms with Crippen molar-refractivity contribution in [3.63, 3.8) is 0 Å². The lowest BCUT2D eigenvalue weighted by Crippen LogP contribution is -2.13. The molecule has 196 valence electrons. The van der Waals surface area contributed by atoms with E-state index in [1.54, 1.807) is 23.6 Å². The number of hydrogen-bond donors (Lipinski definition) is 2. The molecule has 1 amide bonds. The van der Waals surface area contributed by atoms with Gasteiger partial charge >= 0.3 is 5.97 Å². The van der Waals surface area contributed by atoms with E-state index in [0.717, 1.165) is 42.4 Å². The minimum Gasteiger partial charge on any atom is -0.478 e. The highest BCUT2D eigenvalue weighted by Gasteiger charge is 2.18. The van der Waals surface area contributed by atoms with E-state index in [1.807, 2.05) is 0 Å². The van der Waals surface area contributed by atoms with Crippen LogP contribution in [0.5, 0.6) is 0 Å². The Hall–Kier alpha value is -3.50. The van der Waals surface area contributed by atoms with Crippen LogP contribution < -0.4 is 5.32 Å². The number of nitrogens with one attached hydrogen (secondary N) is 1.